The van der Waals surface area contributed by atoms with Gasteiger partial charge in [0.1, 0.15) is 0 Å². The minimum atomic E-state index is -0.312. The van der Waals surface area contributed by atoms with Gasteiger partial charge < -0.3 is 0 Å². The van der Waals surface area contributed by atoms with Gasteiger partial charge in [0.05, 0.1) is 0 Å². The molecule has 24 heavy (non-hydrogen) atoms. The molecule has 0 N–H and O–H groups in total. The van der Waals surface area contributed by atoms with Gasteiger partial charge in [0.2, 0.25) is 13.1 Å². The summed E-state index contributed by atoms with van der Waals surface area (Å²) >= 11 is 0. The van der Waals surface area contributed by atoms with Crippen molar-refractivity contribution < 1.29 is 9.85 Å². The minimum absolute atomic E-state index is 0.0516. The van der Waals surface area contributed by atoms with Crippen LogP contribution in [-0.4, -0.2) is 22.9 Å². The number of rotatable bonds is 9. The van der Waals surface area contributed by atoms with Gasteiger partial charge in [0.15, 0.2) is 0 Å². The van der Waals surface area contributed by atoms with E-state index in [9.17, 15) is 20.2 Å². The van der Waals surface area contributed by atoms with Crippen molar-refractivity contribution in [3.8, 4) is 0 Å². The topological polar surface area (TPSA) is 86.3 Å². The molecule has 2 aromatic carbocycles. The van der Waals surface area contributed by atoms with E-state index in [4.69, 9.17) is 0 Å². The standard InChI is InChI=1S/C16H16N2O4S2/c19-17(20)11-9-13-1-5-15(6-2-13)23-24-16-7-3-14(4-8-16)10-12-18(21)22/h1-8H,9-12H2. The predicted molar refractivity (Wildman–Crippen MR) is 95.7 cm³/mol. The molecule has 0 heterocycles. The molecule has 0 unspecified atom stereocenters. The Bertz CT molecular complexity index is 629. The van der Waals surface area contributed by atoms with Crippen LogP contribution in [-0.2, 0) is 12.8 Å². The van der Waals surface area contributed by atoms with Crippen LogP contribution in [0.3, 0.4) is 0 Å². The predicted octanol–water partition coefficient (Wildman–Crippen LogP) is 4.12. The summed E-state index contributed by atoms with van der Waals surface area (Å²) < 4.78 is 0. The number of benzene rings is 2. The molecule has 0 saturated carbocycles. The van der Waals surface area contributed by atoms with Crippen LogP contribution in [0.2, 0.25) is 0 Å². The Labute approximate surface area is 147 Å². The van der Waals surface area contributed by atoms with Gasteiger partial charge in [0.25, 0.3) is 0 Å². The first kappa shape index (κ1) is 18.3. The van der Waals surface area contributed by atoms with E-state index < -0.39 is 0 Å². The third kappa shape index (κ3) is 6.59. The average molecular weight is 364 g/mol. The highest BCUT2D eigenvalue weighted by Gasteiger charge is 2.03. The van der Waals surface area contributed by atoms with Crippen molar-refractivity contribution in [2.75, 3.05) is 13.1 Å². The molecular formula is C16H16N2O4S2. The molecule has 0 fully saturated rings. The second kappa shape index (κ2) is 9.29. The molecule has 126 valence electrons. The molecule has 0 spiro atoms. The normalized spacial score (nSPS) is 10.5. The smallest absolute Gasteiger partial charge is 0.207 e. The van der Waals surface area contributed by atoms with E-state index in [1.165, 1.54) is 0 Å². The Kier molecular flexibility index (Phi) is 7.07. The van der Waals surface area contributed by atoms with Gasteiger partial charge in [-0.3, -0.25) is 20.2 Å². The van der Waals surface area contributed by atoms with Gasteiger partial charge in [-0.1, -0.05) is 45.9 Å². The molecular weight excluding hydrogens is 348 g/mol. The second-order valence-corrected chi connectivity index (χ2v) is 7.34. The third-order valence-electron chi connectivity index (χ3n) is 3.25. The highest BCUT2D eigenvalue weighted by Crippen LogP contribution is 2.37. The van der Waals surface area contributed by atoms with Gasteiger partial charge in [0, 0.05) is 32.5 Å². The first-order valence-electron chi connectivity index (χ1n) is 7.29. The van der Waals surface area contributed by atoms with E-state index in [-0.39, 0.29) is 22.9 Å². The Morgan fingerprint density at radius 2 is 1.00 bits per heavy atom. The number of nitrogens with zero attached hydrogens (tertiary/aromatic N) is 2. The van der Waals surface area contributed by atoms with Gasteiger partial charge in [-0.25, -0.2) is 0 Å². The minimum Gasteiger partial charge on any atom is -0.265 e. The lowest BCUT2D eigenvalue weighted by atomic mass is 10.2. The Morgan fingerprint density at radius 1 is 0.667 bits per heavy atom. The molecule has 0 amide bonds. The van der Waals surface area contributed by atoms with Crippen LogP contribution in [0, 0.1) is 20.2 Å². The van der Waals surface area contributed by atoms with E-state index in [2.05, 4.69) is 0 Å². The van der Waals surface area contributed by atoms with Crippen LogP contribution >= 0.6 is 21.6 Å². The zero-order valence-corrected chi connectivity index (χ0v) is 14.4. The molecule has 0 aliphatic heterocycles. The van der Waals surface area contributed by atoms with Gasteiger partial charge in [-0.2, -0.15) is 0 Å². The summed E-state index contributed by atoms with van der Waals surface area (Å²) in [5.41, 5.74) is 1.91. The SMILES string of the molecule is O=[N+]([O-])CCc1ccc(SSc2ccc(CC[N+](=O)[O-])cc2)cc1. The fraction of sp³-hybridized carbons (Fsp3) is 0.250. The van der Waals surface area contributed by atoms with Crippen LogP contribution in [0.5, 0.6) is 0 Å². The van der Waals surface area contributed by atoms with Gasteiger partial charge in [-0.05, 0) is 35.4 Å². The van der Waals surface area contributed by atoms with Gasteiger partial charge in [-0.15, -0.1) is 0 Å². The molecule has 0 aromatic heterocycles. The van der Waals surface area contributed by atoms with Crippen molar-refractivity contribution in [1.82, 2.24) is 0 Å². The van der Waals surface area contributed by atoms with Crippen molar-refractivity contribution >= 4 is 21.6 Å². The number of hydrogen-bond acceptors (Lipinski definition) is 6. The lowest BCUT2D eigenvalue weighted by Gasteiger charge is -2.04. The first-order valence-corrected chi connectivity index (χ1v) is 9.44. The third-order valence-corrected chi connectivity index (χ3v) is 5.66. The molecule has 8 heteroatoms. The maximum absolute atomic E-state index is 10.4. The van der Waals surface area contributed by atoms with Crippen LogP contribution in [0.15, 0.2) is 58.3 Å². The van der Waals surface area contributed by atoms with E-state index in [0.717, 1.165) is 20.9 Å². The summed E-state index contributed by atoms with van der Waals surface area (Å²) in [5, 5.41) is 20.7. The highest BCUT2D eigenvalue weighted by molar-refractivity contribution is 8.76. The van der Waals surface area contributed by atoms with E-state index in [1.54, 1.807) is 21.6 Å². The second-order valence-electron chi connectivity index (χ2n) is 5.07. The zero-order chi connectivity index (χ0) is 17.4. The van der Waals surface area contributed by atoms with E-state index in [0.29, 0.717) is 12.8 Å². The average Bonchev–Trinajstić information content (AvgIpc) is 2.58. The maximum atomic E-state index is 10.4. The summed E-state index contributed by atoms with van der Waals surface area (Å²) in [6, 6.07) is 15.5. The highest BCUT2D eigenvalue weighted by atomic mass is 33.1. The number of hydrogen-bond donors (Lipinski definition) is 0. The maximum Gasteiger partial charge on any atom is 0.207 e. The largest absolute Gasteiger partial charge is 0.265 e. The van der Waals surface area contributed by atoms with E-state index in [1.807, 2.05) is 48.5 Å². The summed E-state index contributed by atoms with van der Waals surface area (Å²) in [6.07, 6.45) is 0.882. The molecule has 2 aromatic rings. The van der Waals surface area contributed by atoms with Crippen molar-refractivity contribution in [2.45, 2.75) is 22.6 Å². The van der Waals surface area contributed by atoms with E-state index >= 15 is 0 Å². The molecule has 0 atom stereocenters. The van der Waals surface area contributed by atoms with Crippen molar-refractivity contribution in [3.63, 3.8) is 0 Å². The van der Waals surface area contributed by atoms with Crippen LogP contribution in [0.1, 0.15) is 11.1 Å². The Morgan fingerprint density at radius 3 is 1.29 bits per heavy atom. The molecule has 0 bridgehead atoms. The number of nitro groups is 2. The lowest BCUT2D eigenvalue weighted by Crippen LogP contribution is -2.03. The molecule has 2 rings (SSSR count). The van der Waals surface area contributed by atoms with Gasteiger partial charge >= 0.3 is 0 Å². The fourth-order valence-electron chi connectivity index (χ4n) is 1.96. The Balaban J connectivity index is 1.82. The summed E-state index contributed by atoms with van der Waals surface area (Å²) in [6.45, 7) is -0.103. The zero-order valence-electron chi connectivity index (χ0n) is 12.8. The Hall–Kier alpha value is -2.06. The fourth-order valence-corrected chi connectivity index (χ4v) is 3.89. The monoisotopic (exact) mass is 364 g/mol. The van der Waals surface area contributed by atoms with Crippen molar-refractivity contribution in [1.29, 1.82) is 0 Å². The molecule has 0 radical (unpaired) electrons. The van der Waals surface area contributed by atoms with Crippen LogP contribution < -0.4 is 0 Å². The summed E-state index contributed by atoms with van der Waals surface area (Å²) in [5.74, 6) is 0. The molecule has 0 saturated heterocycles. The summed E-state index contributed by atoms with van der Waals surface area (Å²) in [4.78, 5) is 22.2. The van der Waals surface area contributed by atoms with Crippen LogP contribution in [0.25, 0.3) is 0 Å². The van der Waals surface area contributed by atoms with Crippen molar-refractivity contribution in [3.05, 3.63) is 79.9 Å². The molecule has 0 aliphatic carbocycles. The first-order chi connectivity index (χ1) is 11.5. The lowest BCUT2D eigenvalue weighted by molar-refractivity contribution is -0.479. The van der Waals surface area contributed by atoms with Crippen molar-refractivity contribution in [2.24, 2.45) is 0 Å². The summed E-state index contributed by atoms with van der Waals surface area (Å²) in [7, 11) is 3.21. The molecule has 6 nitrogen and oxygen atoms in total. The van der Waals surface area contributed by atoms with Crippen LogP contribution in [0.4, 0.5) is 0 Å². The quantitative estimate of drug-likeness (QED) is 0.378. The molecule has 0 aliphatic rings.